The first-order valence-corrected chi connectivity index (χ1v) is 5.29. The first kappa shape index (κ1) is 13.0. The van der Waals surface area contributed by atoms with Gasteiger partial charge in [0, 0.05) is 6.54 Å². The minimum atomic E-state index is -0.443. The third-order valence-electron chi connectivity index (χ3n) is 2.43. The molecule has 90 valence electrons. The van der Waals surface area contributed by atoms with Crippen LogP contribution in [0, 0.1) is 11.3 Å². The highest BCUT2D eigenvalue weighted by Gasteiger charge is 2.12. The number of rotatable bonds is 5. The number of primary amides is 1. The lowest BCUT2D eigenvalue weighted by Gasteiger charge is -2.22. The zero-order valence-electron chi connectivity index (χ0n) is 9.68. The summed E-state index contributed by atoms with van der Waals surface area (Å²) < 4.78 is 0. The van der Waals surface area contributed by atoms with Crippen LogP contribution in [0.1, 0.15) is 18.1 Å². The standard InChI is InChI=1S/C12H15N3O2/c1-2-15(7-12(14)17)11-4-3-9(8-16)5-10(11)6-13/h3-5,16H,2,7-8H2,1H3,(H2,14,17). The Bertz CT molecular complexity index is 452. The van der Waals surface area contributed by atoms with E-state index in [4.69, 9.17) is 16.1 Å². The summed E-state index contributed by atoms with van der Waals surface area (Å²) in [6.45, 7) is 2.42. The second-order valence-electron chi connectivity index (χ2n) is 3.60. The Kier molecular flexibility index (Phi) is 4.49. The van der Waals surface area contributed by atoms with Crippen LogP contribution in [0.25, 0.3) is 0 Å². The largest absolute Gasteiger partial charge is 0.392 e. The van der Waals surface area contributed by atoms with Crippen LogP contribution in [0.4, 0.5) is 5.69 Å². The van der Waals surface area contributed by atoms with Crippen molar-refractivity contribution in [1.82, 2.24) is 0 Å². The van der Waals surface area contributed by atoms with Gasteiger partial charge in [-0.25, -0.2) is 0 Å². The van der Waals surface area contributed by atoms with E-state index in [1.165, 1.54) is 0 Å². The Hall–Kier alpha value is -2.06. The van der Waals surface area contributed by atoms with E-state index in [-0.39, 0.29) is 13.2 Å². The fraction of sp³-hybridized carbons (Fsp3) is 0.333. The number of anilines is 1. The number of nitrogens with zero attached hydrogens (tertiary/aromatic N) is 2. The van der Waals surface area contributed by atoms with Gasteiger partial charge in [0.2, 0.25) is 5.91 Å². The predicted octanol–water partition coefficient (Wildman–Crippen LogP) is 0.362. The van der Waals surface area contributed by atoms with Gasteiger partial charge in [-0.2, -0.15) is 5.26 Å². The SMILES string of the molecule is CCN(CC(N)=O)c1ccc(CO)cc1C#N. The number of hydrogen-bond donors (Lipinski definition) is 2. The number of amides is 1. The van der Waals surface area contributed by atoms with Crippen LogP contribution in [-0.4, -0.2) is 24.1 Å². The lowest BCUT2D eigenvalue weighted by Crippen LogP contribution is -2.34. The zero-order chi connectivity index (χ0) is 12.8. The molecule has 1 rings (SSSR count). The molecule has 0 fully saturated rings. The van der Waals surface area contributed by atoms with E-state index >= 15 is 0 Å². The predicted molar refractivity (Wildman–Crippen MR) is 64.2 cm³/mol. The van der Waals surface area contributed by atoms with Crippen LogP contribution >= 0.6 is 0 Å². The smallest absolute Gasteiger partial charge is 0.236 e. The van der Waals surface area contributed by atoms with Gasteiger partial charge in [0.15, 0.2) is 0 Å². The molecule has 0 unspecified atom stereocenters. The third kappa shape index (κ3) is 3.20. The van der Waals surface area contributed by atoms with Crippen molar-refractivity contribution in [1.29, 1.82) is 5.26 Å². The normalized spacial score (nSPS) is 9.71. The van der Waals surface area contributed by atoms with E-state index < -0.39 is 5.91 Å². The van der Waals surface area contributed by atoms with Gasteiger partial charge in [0.1, 0.15) is 6.07 Å². The van der Waals surface area contributed by atoms with Gasteiger partial charge in [0.25, 0.3) is 0 Å². The van der Waals surface area contributed by atoms with Crippen molar-refractivity contribution in [2.45, 2.75) is 13.5 Å². The maximum absolute atomic E-state index is 10.9. The van der Waals surface area contributed by atoms with Gasteiger partial charge in [0.05, 0.1) is 24.4 Å². The molecule has 0 atom stereocenters. The summed E-state index contributed by atoms with van der Waals surface area (Å²) in [6, 6.07) is 7.10. The summed E-state index contributed by atoms with van der Waals surface area (Å²) in [5.74, 6) is -0.443. The summed E-state index contributed by atoms with van der Waals surface area (Å²) in [5, 5.41) is 18.0. The molecule has 1 aromatic rings. The summed E-state index contributed by atoms with van der Waals surface area (Å²) >= 11 is 0. The molecule has 0 aliphatic rings. The Morgan fingerprint density at radius 2 is 2.29 bits per heavy atom. The van der Waals surface area contributed by atoms with Gasteiger partial charge in [-0.05, 0) is 24.6 Å². The molecule has 3 N–H and O–H groups in total. The number of benzene rings is 1. The maximum Gasteiger partial charge on any atom is 0.236 e. The van der Waals surface area contributed by atoms with Crippen LogP contribution < -0.4 is 10.6 Å². The molecule has 0 aromatic heterocycles. The van der Waals surface area contributed by atoms with Gasteiger partial charge in [-0.1, -0.05) is 6.07 Å². The highest BCUT2D eigenvalue weighted by molar-refractivity contribution is 5.80. The van der Waals surface area contributed by atoms with Crippen molar-refractivity contribution < 1.29 is 9.90 Å². The van der Waals surface area contributed by atoms with E-state index in [1.807, 2.05) is 6.92 Å². The van der Waals surface area contributed by atoms with Crippen molar-refractivity contribution in [3.63, 3.8) is 0 Å². The van der Waals surface area contributed by atoms with Crippen LogP contribution in [-0.2, 0) is 11.4 Å². The van der Waals surface area contributed by atoms with E-state index in [0.717, 1.165) is 0 Å². The fourth-order valence-corrected chi connectivity index (χ4v) is 1.60. The zero-order valence-corrected chi connectivity index (χ0v) is 9.68. The average Bonchev–Trinajstić information content (AvgIpc) is 2.35. The lowest BCUT2D eigenvalue weighted by atomic mass is 10.1. The van der Waals surface area contributed by atoms with Crippen LogP contribution in [0.15, 0.2) is 18.2 Å². The van der Waals surface area contributed by atoms with Crippen LogP contribution in [0.5, 0.6) is 0 Å². The number of aliphatic hydroxyl groups is 1. The van der Waals surface area contributed by atoms with Gasteiger partial charge in [-0.3, -0.25) is 4.79 Å². The van der Waals surface area contributed by atoms with E-state index in [1.54, 1.807) is 23.1 Å². The Balaban J connectivity index is 3.11. The topological polar surface area (TPSA) is 90.3 Å². The Labute approximate surface area is 100 Å². The Morgan fingerprint density at radius 3 is 2.76 bits per heavy atom. The Morgan fingerprint density at radius 1 is 1.59 bits per heavy atom. The van der Waals surface area contributed by atoms with Crippen molar-refractivity contribution in [3.05, 3.63) is 29.3 Å². The fourth-order valence-electron chi connectivity index (χ4n) is 1.60. The van der Waals surface area contributed by atoms with E-state index in [2.05, 4.69) is 6.07 Å². The quantitative estimate of drug-likeness (QED) is 0.768. The van der Waals surface area contributed by atoms with Crippen LogP contribution in [0.3, 0.4) is 0 Å². The summed E-state index contributed by atoms with van der Waals surface area (Å²) in [7, 11) is 0. The first-order chi connectivity index (χ1) is 8.12. The maximum atomic E-state index is 10.9. The molecule has 0 heterocycles. The lowest BCUT2D eigenvalue weighted by molar-refractivity contribution is -0.116. The number of likely N-dealkylation sites (N-methyl/N-ethyl adjacent to an activating group) is 1. The molecule has 0 bridgehead atoms. The molecule has 17 heavy (non-hydrogen) atoms. The van der Waals surface area contributed by atoms with Crippen LogP contribution in [0.2, 0.25) is 0 Å². The molecule has 0 spiro atoms. The second-order valence-corrected chi connectivity index (χ2v) is 3.60. The molecule has 0 radical (unpaired) electrons. The first-order valence-electron chi connectivity index (χ1n) is 5.29. The number of aliphatic hydroxyl groups excluding tert-OH is 1. The summed E-state index contributed by atoms with van der Waals surface area (Å²) in [4.78, 5) is 12.6. The summed E-state index contributed by atoms with van der Waals surface area (Å²) in [6.07, 6.45) is 0. The van der Waals surface area contributed by atoms with Crippen molar-refractivity contribution in [3.8, 4) is 6.07 Å². The van der Waals surface area contributed by atoms with E-state index in [9.17, 15) is 4.79 Å². The van der Waals surface area contributed by atoms with Crippen molar-refractivity contribution in [2.24, 2.45) is 5.73 Å². The number of nitriles is 1. The van der Waals surface area contributed by atoms with Gasteiger partial charge < -0.3 is 15.7 Å². The molecular weight excluding hydrogens is 218 g/mol. The van der Waals surface area contributed by atoms with Crippen molar-refractivity contribution in [2.75, 3.05) is 18.0 Å². The second kappa shape index (κ2) is 5.87. The van der Waals surface area contributed by atoms with Gasteiger partial charge >= 0.3 is 0 Å². The molecule has 0 aliphatic heterocycles. The van der Waals surface area contributed by atoms with Gasteiger partial charge in [-0.15, -0.1) is 0 Å². The molecule has 0 saturated carbocycles. The molecule has 1 amide bonds. The molecule has 0 aliphatic carbocycles. The molecule has 5 heteroatoms. The monoisotopic (exact) mass is 233 g/mol. The highest BCUT2D eigenvalue weighted by atomic mass is 16.3. The number of carbonyl (C=O) groups is 1. The van der Waals surface area contributed by atoms with Crippen molar-refractivity contribution >= 4 is 11.6 Å². The minimum absolute atomic E-state index is 0.0731. The summed E-state index contributed by atoms with van der Waals surface area (Å²) in [5.41, 5.74) is 6.91. The highest BCUT2D eigenvalue weighted by Crippen LogP contribution is 2.21. The molecular formula is C12H15N3O2. The number of nitrogens with two attached hydrogens (primary N) is 1. The minimum Gasteiger partial charge on any atom is -0.392 e. The molecule has 0 saturated heterocycles. The molecule has 5 nitrogen and oxygen atoms in total. The van der Waals surface area contributed by atoms with E-state index in [0.29, 0.717) is 23.4 Å². The third-order valence-corrected chi connectivity index (χ3v) is 2.43. The molecule has 1 aromatic carbocycles. The number of hydrogen-bond acceptors (Lipinski definition) is 4. The average molecular weight is 233 g/mol. The number of carbonyl (C=O) groups excluding carboxylic acids is 1.